The maximum absolute atomic E-state index is 2.40. The molecule has 1 aliphatic carbocycles. The fourth-order valence-electron chi connectivity index (χ4n) is 2.27. The number of hydrogen-bond donors (Lipinski definition) is 0. The Bertz CT molecular complexity index is 168. The van der Waals surface area contributed by atoms with Crippen molar-refractivity contribution in [3.05, 3.63) is 11.1 Å². The average Bonchev–Trinajstić information content (AvgIpc) is 2.65. The molecule has 1 saturated carbocycles. The molecule has 0 spiro atoms. The number of hydrogen-bond acceptors (Lipinski definition) is 0. The molecule has 0 aromatic rings. The molecule has 0 nitrogen and oxygen atoms in total. The minimum Gasteiger partial charge on any atom is -0.0713 e. The van der Waals surface area contributed by atoms with Crippen LogP contribution in [0, 0.1) is 5.92 Å². The minimum absolute atomic E-state index is 0.841. The molecule has 13 heavy (non-hydrogen) atoms. The van der Waals surface area contributed by atoms with Crippen molar-refractivity contribution >= 4 is 0 Å². The Hall–Kier alpha value is -0.260. The van der Waals surface area contributed by atoms with E-state index in [9.17, 15) is 0 Å². The van der Waals surface area contributed by atoms with Gasteiger partial charge in [0.15, 0.2) is 0 Å². The van der Waals surface area contributed by atoms with Crippen LogP contribution in [-0.4, -0.2) is 0 Å². The van der Waals surface area contributed by atoms with Gasteiger partial charge in [0.25, 0.3) is 0 Å². The maximum atomic E-state index is 2.40. The number of unbranched alkanes of at least 4 members (excludes halogenated alkanes) is 1. The second kappa shape index (κ2) is 5.47. The molecule has 0 saturated heterocycles. The Morgan fingerprint density at radius 3 is 2.46 bits per heavy atom. The van der Waals surface area contributed by atoms with Crippen LogP contribution in [0.15, 0.2) is 11.1 Å². The van der Waals surface area contributed by atoms with E-state index >= 15 is 0 Å². The van der Waals surface area contributed by atoms with E-state index in [1.54, 1.807) is 11.1 Å². The second-order valence-electron chi connectivity index (χ2n) is 4.54. The molecule has 76 valence electrons. The molecule has 0 bridgehead atoms. The van der Waals surface area contributed by atoms with Crippen molar-refractivity contribution in [2.75, 3.05) is 0 Å². The third kappa shape index (κ3) is 3.17. The monoisotopic (exact) mass is 180 g/mol. The normalized spacial score (nSPS) is 19.2. The predicted octanol–water partition coefficient (Wildman–Crippen LogP) is 4.70. The molecule has 0 amide bonds. The lowest BCUT2D eigenvalue weighted by atomic mass is 9.92. The summed E-state index contributed by atoms with van der Waals surface area (Å²) in [4.78, 5) is 0. The van der Waals surface area contributed by atoms with Crippen molar-refractivity contribution in [1.29, 1.82) is 0 Å². The van der Waals surface area contributed by atoms with E-state index in [-0.39, 0.29) is 0 Å². The van der Waals surface area contributed by atoms with Gasteiger partial charge >= 0.3 is 0 Å². The fraction of sp³-hybridized carbons (Fsp3) is 0.846. The van der Waals surface area contributed by atoms with Gasteiger partial charge in [-0.05, 0) is 44.9 Å². The van der Waals surface area contributed by atoms with E-state index in [0.717, 1.165) is 5.92 Å². The first-order chi connectivity index (χ1) is 6.25. The lowest BCUT2D eigenvalue weighted by Crippen LogP contribution is -1.99. The van der Waals surface area contributed by atoms with E-state index in [2.05, 4.69) is 20.8 Å². The standard InChI is InChI=1S/C13H24/c1-4-5-8-11(2)12(3)13-9-6-7-10-13/h11H,4-10H2,1-3H3. The highest BCUT2D eigenvalue weighted by Gasteiger charge is 2.13. The van der Waals surface area contributed by atoms with E-state index in [1.807, 2.05) is 0 Å². The SMILES string of the molecule is CCCCC(C)C(C)=C1CCCC1. The van der Waals surface area contributed by atoms with Crippen LogP contribution < -0.4 is 0 Å². The average molecular weight is 180 g/mol. The molecule has 0 aromatic heterocycles. The van der Waals surface area contributed by atoms with E-state index < -0.39 is 0 Å². The molecule has 1 atom stereocenters. The van der Waals surface area contributed by atoms with Gasteiger partial charge in [0.1, 0.15) is 0 Å². The van der Waals surface area contributed by atoms with Crippen LogP contribution in [0.25, 0.3) is 0 Å². The summed E-state index contributed by atoms with van der Waals surface area (Å²) in [6.07, 6.45) is 9.79. The van der Waals surface area contributed by atoms with Gasteiger partial charge in [-0.15, -0.1) is 0 Å². The number of rotatable bonds is 4. The van der Waals surface area contributed by atoms with Crippen molar-refractivity contribution < 1.29 is 0 Å². The molecular weight excluding hydrogens is 156 g/mol. The zero-order chi connectivity index (χ0) is 9.68. The lowest BCUT2D eigenvalue weighted by Gasteiger charge is -2.14. The van der Waals surface area contributed by atoms with Gasteiger partial charge in [-0.2, -0.15) is 0 Å². The lowest BCUT2D eigenvalue weighted by molar-refractivity contribution is 0.565. The van der Waals surface area contributed by atoms with Gasteiger partial charge in [0.2, 0.25) is 0 Å². The summed E-state index contributed by atoms with van der Waals surface area (Å²) in [5, 5.41) is 0. The Labute approximate surface area is 83.4 Å². The van der Waals surface area contributed by atoms with E-state index in [1.165, 1.54) is 44.9 Å². The molecule has 0 heterocycles. The highest BCUT2D eigenvalue weighted by Crippen LogP contribution is 2.31. The first kappa shape index (κ1) is 10.8. The third-order valence-electron chi connectivity index (χ3n) is 3.49. The molecule has 0 aliphatic heterocycles. The molecule has 0 heteroatoms. The number of allylic oxidation sites excluding steroid dienone is 2. The fourth-order valence-corrected chi connectivity index (χ4v) is 2.27. The molecule has 0 radical (unpaired) electrons. The van der Waals surface area contributed by atoms with Crippen LogP contribution in [-0.2, 0) is 0 Å². The van der Waals surface area contributed by atoms with Crippen LogP contribution in [0.3, 0.4) is 0 Å². The van der Waals surface area contributed by atoms with Gasteiger partial charge < -0.3 is 0 Å². The quantitative estimate of drug-likeness (QED) is 0.550. The van der Waals surface area contributed by atoms with Gasteiger partial charge in [-0.1, -0.05) is 37.8 Å². The first-order valence-corrected chi connectivity index (χ1v) is 5.94. The van der Waals surface area contributed by atoms with Gasteiger partial charge in [0, 0.05) is 0 Å². The van der Waals surface area contributed by atoms with Crippen molar-refractivity contribution in [3.8, 4) is 0 Å². The van der Waals surface area contributed by atoms with Crippen LogP contribution in [0.2, 0.25) is 0 Å². The molecular formula is C13H24. The van der Waals surface area contributed by atoms with Gasteiger partial charge in [-0.3, -0.25) is 0 Å². The van der Waals surface area contributed by atoms with Crippen molar-refractivity contribution in [2.24, 2.45) is 5.92 Å². The first-order valence-electron chi connectivity index (χ1n) is 5.94. The molecule has 1 rings (SSSR count). The third-order valence-corrected chi connectivity index (χ3v) is 3.49. The molecule has 0 aromatic carbocycles. The minimum atomic E-state index is 0.841. The largest absolute Gasteiger partial charge is 0.0713 e. The van der Waals surface area contributed by atoms with Crippen LogP contribution >= 0.6 is 0 Å². The zero-order valence-electron chi connectivity index (χ0n) is 9.53. The summed E-state index contributed by atoms with van der Waals surface area (Å²) < 4.78 is 0. The van der Waals surface area contributed by atoms with Crippen LogP contribution in [0.4, 0.5) is 0 Å². The van der Waals surface area contributed by atoms with Crippen LogP contribution in [0.5, 0.6) is 0 Å². The summed E-state index contributed by atoms with van der Waals surface area (Å²) in [6, 6.07) is 0. The summed E-state index contributed by atoms with van der Waals surface area (Å²) in [5.74, 6) is 0.841. The molecule has 1 unspecified atom stereocenters. The summed E-state index contributed by atoms with van der Waals surface area (Å²) in [5.41, 5.74) is 3.49. The smallest absolute Gasteiger partial charge is 0.0232 e. The topological polar surface area (TPSA) is 0 Å². The predicted molar refractivity (Wildman–Crippen MR) is 59.9 cm³/mol. The highest BCUT2D eigenvalue weighted by atomic mass is 14.2. The Kier molecular flexibility index (Phi) is 4.55. The van der Waals surface area contributed by atoms with Crippen molar-refractivity contribution in [2.45, 2.75) is 65.7 Å². The Morgan fingerprint density at radius 2 is 1.92 bits per heavy atom. The van der Waals surface area contributed by atoms with E-state index in [4.69, 9.17) is 0 Å². The molecule has 1 aliphatic rings. The highest BCUT2D eigenvalue weighted by molar-refractivity contribution is 5.16. The zero-order valence-corrected chi connectivity index (χ0v) is 9.53. The van der Waals surface area contributed by atoms with Gasteiger partial charge in [0.05, 0.1) is 0 Å². The summed E-state index contributed by atoms with van der Waals surface area (Å²) >= 11 is 0. The van der Waals surface area contributed by atoms with Crippen LogP contribution in [0.1, 0.15) is 65.7 Å². The van der Waals surface area contributed by atoms with Crippen molar-refractivity contribution in [3.63, 3.8) is 0 Å². The summed E-state index contributed by atoms with van der Waals surface area (Å²) in [7, 11) is 0. The molecule has 1 fully saturated rings. The maximum Gasteiger partial charge on any atom is -0.0232 e. The van der Waals surface area contributed by atoms with Crippen molar-refractivity contribution in [1.82, 2.24) is 0 Å². The second-order valence-corrected chi connectivity index (χ2v) is 4.54. The summed E-state index contributed by atoms with van der Waals surface area (Å²) in [6.45, 7) is 7.04. The van der Waals surface area contributed by atoms with Gasteiger partial charge in [-0.25, -0.2) is 0 Å². The van der Waals surface area contributed by atoms with E-state index in [0.29, 0.717) is 0 Å². The Morgan fingerprint density at radius 1 is 1.31 bits per heavy atom. The Balaban J connectivity index is 2.44. The molecule has 0 N–H and O–H groups in total.